The van der Waals surface area contributed by atoms with E-state index in [2.05, 4.69) is 6.58 Å². The number of aliphatic hydroxyl groups is 1. The Morgan fingerprint density at radius 2 is 1.43 bits per heavy atom. The van der Waals surface area contributed by atoms with Crippen molar-refractivity contribution in [3.63, 3.8) is 0 Å². The van der Waals surface area contributed by atoms with Crippen LogP contribution in [0.25, 0.3) is 0 Å². The molecule has 0 amide bonds. The van der Waals surface area contributed by atoms with Crippen LogP contribution < -0.4 is 0 Å². The Bertz CT molecular complexity index is 472. The lowest BCUT2D eigenvalue weighted by molar-refractivity contribution is -0.325. The Hall–Kier alpha value is -1.12. The molecule has 1 saturated carbocycles. The van der Waals surface area contributed by atoms with Gasteiger partial charge < -0.3 is 5.11 Å². The first-order chi connectivity index (χ1) is 10.3. The highest BCUT2D eigenvalue weighted by Gasteiger charge is 2.71. The summed E-state index contributed by atoms with van der Waals surface area (Å²) in [6.45, 7) is 3.28. The maximum atomic E-state index is 13.6. The van der Waals surface area contributed by atoms with Crippen LogP contribution in [0, 0.1) is 5.92 Å². The molecular weight excluding hydrogens is 336 g/mol. The SMILES string of the molecule is C=C(CC(O)(C(F)(F)F)C(F)(F)C(F)=C(F)F)C1CCCCC1. The molecule has 1 unspecified atom stereocenters. The highest BCUT2D eigenvalue weighted by Crippen LogP contribution is 2.51. The largest absolute Gasteiger partial charge is 0.424 e. The van der Waals surface area contributed by atoms with Crippen molar-refractivity contribution < 1.29 is 40.2 Å². The standard InChI is InChI=1S/C14H16F8O/c1-8(9-5-3-2-4-6-9)7-12(23,14(20,21)22)13(18,19)10(15)11(16)17/h9,23H,1-7H2. The average molecular weight is 352 g/mol. The van der Waals surface area contributed by atoms with E-state index in [4.69, 9.17) is 0 Å². The van der Waals surface area contributed by atoms with Gasteiger partial charge in [-0.15, -0.1) is 0 Å². The van der Waals surface area contributed by atoms with Gasteiger partial charge >= 0.3 is 18.2 Å². The fourth-order valence-electron chi connectivity index (χ4n) is 2.67. The van der Waals surface area contributed by atoms with E-state index in [1.807, 2.05) is 0 Å². The van der Waals surface area contributed by atoms with Crippen molar-refractivity contribution in [2.45, 2.75) is 56.2 Å². The van der Waals surface area contributed by atoms with Gasteiger partial charge in [0.1, 0.15) is 0 Å². The number of hydrogen-bond acceptors (Lipinski definition) is 1. The van der Waals surface area contributed by atoms with Crippen LogP contribution in [0.3, 0.4) is 0 Å². The molecule has 1 aliphatic carbocycles. The molecule has 0 aliphatic heterocycles. The van der Waals surface area contributed by atoms with Gasteiger partial charge in [-0.1, -0.05) is 31.4 Å². The molecule has 134 valence electrons. The number of alkyl halides is 5. The van der Waals surface area contributed by atoms with Gasteiger partial charge in [0.15, 0.2) is 0 Å². The molecule has 1 N–H and O–H groups in total. The summed E-state index contributed by atoms with van der Waals surface area (Å²) >= 11 is 0. The molecule has 9 heteroatoms. The summed E-state index contributed by atoms with van der Waals surface area (Å²) in [5.74, 6) is -9.95. The zero-order chi connectivity index (χ0) is 18.1. The van der Waals surface area contributed by atoms with Gasteiger partial charge in [0.2, 0.25) is 11.4 Å². The quantitative estimate of drug-likeness (QED) is 0.510. The third-order valence-electron chi connectivity index (χ3n) is 4.10. The van der Waals surface area contributed by atoms with Crippen LogP contribution in [0.15, 0.2) is 24.1 Å². The van der Waals surface area contributed by atoms with Crippen molar-refractivity contribution in [3.8, 4) is 0 Å². The van der Waals surface area contributed by atoms with Crippen molar-refractivity contribution in [1.82, 2.24) is 0 Å². The van der Waals surface area contributed by atoms with E-state index in [1.165, 1.54) is 0 Å². The summed E-state index contributed by atoms with van der Waals surface area (Å²) in [7, 11) is 0. The van der Waals surface area contributed by atoms with E-state index in [1.54, 1.807) is 0 Å². The van der Waals surface area contributed by atoms with Crippen molar-refractivity contribution >= 4 is 0 Å². The molecule has 0 bridgehead atoms. The van der Waals surface area contributed by atoms with Crippen LogP contribution in [0.2, 0.25) is 0 Å². The van der Waals surface area contributed by atoms with Gasteiger partial charge in [0.05, 0.1) is 0 Å². The second kappa shape index (κ2) is 6.78. The molecule has 1 rings (SSSR count). The van der Waals surface area contributed by atoms with Crippen LogP contribution in [0.5, 0.6) is 0 Å². The van der Waals surface area contributed by atoms with Crippen LogP contribution in [0.1, 0.15) is 38.5 Å². The summed E-state index contributed by atoms with van der Waals surface area (Å²) < 4.78 is 103. The van der Waals surface area contributed by atoms with Crippen molar-refractivity contribution in [3.05, 3.63) is 24.1 Å². The maximum absolute atomic E-state index is 13.6. The smallest absolute Gasteiger partial charge is 0.375 e. The van der Waals surface area contributed by atoms with Crippen molar-refractivity contribution in [2.24, 2.45) is 5.92 Å². The Balaban J connectivity index is 3.18. The minimum Gasteiger partial charge on any atom is -0.375 e. The summed E-state index contributed by atoms with van der Waals surface area (Å²) in [6, 6.07) is 0. The van der Waals surface area contributed by atoms with Gasteiger partial charge in [-0.25, -0.2) is 0 Å². The predicted molar refractivity (Wildman–Crippen MR) is 66.6 cm³/mol. The van der Waals surface area contributed by atoms with Crippen LogP contribution in [0.4, 0.5) is 35.1 Å². The molecule has 0 aromatic rings. The number of hydrogen-bond donors (Lipinski definition) is 1. The average Bonchev–Trinajstić information content (AvgIpc) is 2.45. The molecule has 0 aromatic carbocycles. The molecule has 0 heterocycles. The van der Waals surface area contributed by atoms with Gasteiger partial charge in [0, 0.05) is 6.42 Å². The van der Waals surface area contributed by atoms with E-state index in [-0.39, 0.29) is 5.57 Å². The van der Waals surface area contributed by atoms with Gasteiger partial charge in [0.25, 0.3) is 0 Å². The zero-order valence-corrected chi connectivity index (χ0v) is 12.0. The van der Waals surface area contributed by atoms with Gasteiger partial charge in [-0.3, -0.25) is 0 Å². The summed E-state index contributed by atoms with van der Waals surface area (Å²) in [4.78, 5) is 0. The van der Waals surface area contributed by atoms with Gasteiger partial charge in [-0.05, 0) is 18.8 Å². The molecular formula is C14H16F8O. The lowest BCUT2D eigenvalue weighted by Crippen LogP contribution is -2.59. The topological polar surface area (TPSA) is 20.2 Å². The molecule has 0 spiro atoms. The third-order valence-corrected chi connectivity index (χ3v) is 4.10. The summed E-state index contributed by atoms with van der Waals surface area (Å²) in [5, 5.41) is 9.45. The number of halogens is 8. The molecule has 1 nitrogen and oxygen atoms in total. The van der Waals surface area contributed by atoms with Crippen molar-refractivity contribution in [1.29, 1.82) is 0 Å². The zero-order valence-electron chi connectivity index (χ0n) is 12.0. The molecule has 1 fully saturated rings. The van der Waals surface area contributed by atoms with Crippen molar-refractivity contribution in [2.75, 3.05) is 0 Å². The first-order valence-electron chi connectivity index (χ1n) is 6.90. The monoisotopic (exact) mass is 352 g/mol. The van der Waals surface area contributed by atoms with E-state index in [0.717, 1.165) is 6.42 Å². The highest BCUT2D eigenvalue weighted by atomic mass is 19.4. The Morgan fingerprint density at radius 1 is 0.957 bits per heavy atom. The van der Waals surface area contributed by atoms with Crippen LogP contribution >= 0.6 is 0 Å². The second-order valence-corrected chi connectivity index (χ2v) is 5.68. The molecule has 23 heavy (non-hydrogen) atoms. The molecule has 0 radical (unpaired) electrons. The van der Waals surface area contributed by atoms with E-state index in [9.17, 15) is 40.2 Å². The fraction of sp³-hybridized carbons (Fsp3) is 0.714. The lowest BCUT2D eigenvalue weighted by atomic mass is 9.77. The lowest BCUT2D eigenvalue weighted by Gasteiger charge is -2.38. The second-order valence-electron chi connectivity index (χ2n) is 5.68. The minimum absolute atomic E-state index is 0.351. The molecule has 0 saturated heterocycles. The maximum Gasteiger partial charge on any atom is 0.424 e. The normalized spacial score (nSPS) is 20.0. The Labute approximate surface area is 127 Å². The summed E-state index contributed by atoms with van der Waals surface area (Å²) in [5.41, 5.74) is -5.33. The third kappa shape index (κ3) is 3.87. The Kier molecular flexibility index (Phi) is 5.88. The fourth-order valence-corrected chi connectivity index (χ4v) is 2.67. The molecule has 0 aromatic heterocycles. The predicted octanol–water partition coefficient (Wildman–Crippen LogP) is 5.52. The molecule has 1 atom stereocenters. The van der Waals surface area contributed by atoms with Gasteiger partial charge in [-0.2, -0.15) is 35.1 Å². The molecule has 1 aliphatic rings. The van der Waals surface area contributed by atoms with E-state index in [0.29, 0.717) is 25.7 Å². The van der Waals surface area contributed by atoms with Crippen LogP contribution in [-0.2, 0) is 0 Å². The summed E-state index contributed by atoms with van der Waals surface area (Å²) in [6.07, 6.45) is -8.46. The minimum atomic E-state index is -6.03. The first-order valence-corrected chi connectivity index (χ1v) is 6.90. The van der Waals surface area contributed by atoms with E-state index < -0.39 is 41.9 Å². The first kappa shape index (κ1) is 19.9. The highest BCUT2D eigenvalue weighted by molar-refractivity contribution is 5.21. The van der Waals surface area contributed by atoms with E-state index >= 15 is 0 Å². The number of rotatable bonds is 5. The van der Waals surface area contributed by atoms with Crippen LogP contribution in [-0.4, -0.2) is 22.8 Å². The Morgan fingerprint density at radius 3 is 1.83 bits per heavy atom.